The van der Waals surface area contributed by atoms with Gasteiger partial charge in [-0.15, -0.1) is 0 Å². The van der Waals surface area contributed by atoms with E-state index in [1.807, 2.05) is 0 Å². The first-order valence-electron chi connectivity index (χ1n) is 7.57. The number of amides is 3. The van der Waals surface area contributed by atoms with Crippen molar-refractivity contribution in [3.05, 3.63) is 35.4 Å². The van der Waals surface area contributed by atoms with Crippen LogP contribution < -0.4 is 10.6 Å². The van der Waals surface area contributed by atoms with Crippen LogP contribution in [0.15, 0.2) is 24.3 Å². The maximum Gasteiger partial charge on any atom is 0.338 e. The highest BCUT2D eigenvalue weighted by molar-refractivity contribution is 7.89. The molecule has 8 nitrogen and oxygen atoms in total. The van der Waals surface area contributed by atoms with E-state index in [1.165, 1.54) is 25.1 Å². The number of urea groups is 1. The smallest absolute Gasteiger partial charge is 0.338 e. The average molecular weight is 370 g/mol. The Bertz CT molecular complexity index is 758. The molecule has 0 heterocycles. The van der Waals surface area contributed by atoms with Crippen molar-refractivity contribution >= 4 is 27.7 Å². The Balaban J connectivity index is 2.70. The highest BCUT2D eigenvalue weighted by Crippen LogP contribution is 2.11. The van der Waals surface area contributed by atoms with Gasteiger partial charge in [0.2, 0.25) is 0 Å². The molecule has 1 aromatic rings. The molecule has 9 heteroatoms. The van der Waals surface area contributed by atoms with Gasteiger partial charge in [0.1, 0.15) is 0 Å². The number of rotatable bonds is 6. The second-order valence-corrected chi connectivity index (χ2v) is 8.08. The number of carbonyl (C=O) groups is 3. The molecule has 0 spiro atoms. The molecule has 2 N–H and O–H groups in total. The molecule has 3 amide bonds. The molecule has 0 fully saturated rings. The predicted octanol–water partition coefficient (Wildman–Crippen LogP) is 1.01. The Kier molecular flexibility index (Phi) is 7.10. The maximum atomic E-state index is 12.1. The lowest BCUT2D eigenvalue weighted by atomic mass is 10.1. The third-order valence-corrected chi connectivity index (χ3v) is 3.76. The largest absolute Gasteiger partial charge is 0.449 e. The second-order valence-electron chi connectivity index (χ2n) is 5.94. The number of hydrogen-bond donors (Lipinski definition) is 2. The Morgan fingerprint density at radius 3 is 2.36 bits per heavy atom. The van der Waals surface area contributed by atoms with Crippen LogP contribution in [0.4, 0.5) is 4.79 Å². The number of carbonyl (C=O) groups excluding carboxylic acids is 3. The molecule has 1 aromatic carbocycles. The fourth-order valence-corrected chi connectivity index (χ4v) is 2.67. The molecule has 0 aromatic heterocycles. The number of imide groups is 1. The fourth-order valence-electron chi connectivity index (χ4n) is 1.88. The zero-order valence-corrected chi connectivity index (χ0v) is 15.3. The zero-order chi connectivity index (χ0) is 19.2. The molecule has 0 radical (unpaired) electrons. The number of esters is 1. The van der Waals surface area contributed by atoms with Gasteiger partial charge in [0.05, 0.1) is 11.3 Å². The highest BCUT2D eigenvalue weighted by atomic mass is 32.2. The highest BCUT2D eigenvalue weighted by Gasteiger charge is 2.21. The first-order chi connectivity index (χ1) is 11.5. The molecular weight excluding hydrogens is 348 g/mol. The van der Waals surface area contributed by atoms with Crippen molar-refractivity contribution in [3.8, 4) is 0 Å². The van der Waals surface area contributed by atoms with Crippen LogP contribution in [0.2, 0.25) is 0 Å². The van der Waals surface area contributed by atoms with E-state index in [0.29, 0.717) is 5.56 Å². The Morgan fingerprint density at radius 1 is 1.16 bits per heavy atom. The van der Waals surface area contributed by atoms with Crippen LogP contribution in [0, 0.1) is 0 Å². The van der Waals surface area contributed by atoms with E-state index in [4.69, 9.17) is 4.74 Å². The molecule has 0 bridgehead atoms. The minimum atomic E-state index is -3.24. The lowest BCUT2D eigenvalue weighted by Crippen LogP contribution is -2.46. The molecule has 0 unspecified atom stereocenters. The third kappa shape index (κ3) is 7.79. The van der Waals surface area contributed by atoms with Gasteiger partial charge in [0.25, 0.3) is 5.91 Å². The summed E-state index contributed by atoms with van der Waals surface area (Å²) in [5.41, 5.74) is 0.554. The third-order valence-electron chi connectivity index (χ3n) is 2.90. The molecule has 0 aliphatic carbocycles. The molecule has 0 aliphatic heterocycles. The topological polar surface area (TPSA) is 119 Å². The molecule has 0 saturated heterocycles. The molecule has 1 rings (SSSR count). The SMILES string of the molecule is CC(C)NC(=O)NC(=O)[C@H](C)OC(=O)c1cccc(CS(C)(=O)=O)c1. The minimum absolute atomic E-state index is 0.118. The number of sulfone groups is 1. The van der Waals surface area contributed by atoms with Crippen molar-refractivity contribution in [2.75, 3.05) is 6.26 Å². The Labute approximate surface area is 146 Å². The van der Waals surface area contributed by atoms with E-state index in [2.05, 4.69) is 10.6 Å². The van der Waals surface area contributed by atoms with E-state index >= 15 is 0 Å². The monoisotopic (exact) mass is 370 g/mol. The van der Waals surface area contributed by atoms with Gasteiger partial charge < -0.3 is 10.1 Å². The molecule has 0 saturated carbocycles. The fraction of sp³-hybridized carbons (Fsp3) is 0.438. The van der Waals surface area contributed by atoms with Crippen molar-refractivity contribution in [2.24, 2.45) is 0 Å². The number of hydrogen-bond acceptors (Lipinski definition) is 6. The number of benzene rings is 1. The lowest BCUT2D eigenvalue weighted by Gasteiger charge is -2.14. The van der Waals surface area contributed by atoms with Crippen LogP contribution in [0.3, 0.4) is 0 Å². The second kappa shape index (κ2) is 8.61. The van der Waals surface area contributed by atoms with Gasteiger partial charge in [-0.25, -0.2) is 18.0 Å². The van der Waals surface area contributed by atoms with Crippen molar-refractivity contribution in [1.82, 2.24) is 10.6 Å². The summed E-state index contributed by atoms with van der Waals surface area (Å²) in [5, 5.41) is 4.54. The standard InChI is InChI=1S/C16H22N2O6S/c1-10(2)17-16(21)18-14(19)11(3)24-15(20)13-7-5-6-12(8-13)9-25(4,22)23/h5-8,10-11H,9H2,1-4H3,(H2,17,18,19,21)/t11-/m0/s1. The predicted molar refractivity (Wildman–Crippen MR) is 91.7 cm³/mol. The van der Waals surface area contributed by atoms with Crippen molar-refractivity contribution in [1.29, 1.82) is 0 Å². The Morgan fingerprint density at radius 2 is 1.80 bits per heavy atom. The summed E-state index contributed by atoms with van der Waals surface area (Å²) < 4.78 is 27.7. The van der Waals surface area contributed by atoms with Crippen molar-refractivity contribution in [3.63, 3.8) is 0 Å². The molecule has 0 aliphatic rings. The average Bonchev–Trinajstić information content (AvgIpc) is 2.44. The lowest BCUT2D eigenvalue weighted by molar-refractivity contribution is -0.127. The van der Waals surface area contributed by atoms with E-state index < -0.39 is 33.8 Å². The summed E-state index contributed by atoms with van der Waals surface area (Å²) in [6.07, 6.45) is -0.101. The number of ether oxygens (including phenoxy) is 1. The normalized spacial score (nSPS) is 12.4. The van der Waals surface area contributed by atoms with Crippen LogP contribution in [0.1, 0.15) is 36.7 Å². The van der Waals surface area contributed by atoms with Crippen LogP contribution in [0.25, 0.3) is 0 Å². The quantitative estimate of drug-likeness (QED) is 0.722. The van der Waals surface area contributed by atoms with Crippen LogP contribution in [0.5, 0.6) is 0 Å². The van der Waals surface area contributed by atoms with E-state index in [1.54, 1.807) is 19.9 Å². The minimum Gasteiger partial charge on any atom is -0.449 e. The van der Waals surface area contributed by atoms with Crippen molar-refractivity contribution < 1.29 is 27.5 Å². The number of nitrogens with one attached hydrogen (secondary N) is 2. The van der Waals surface area contributed by atoms with Crippen molar-refractivity contribution in [2.45, 2.75) is 38.7 Å². The first-order valence-corrected chi connectivity index (χ1v) is 9.63. The summed E-state index contributed by atoms with van der Waals surface area (Å²) in [4.78, 5) is 35.4. The summed E-state index contributed by atoms with van der Waals surface area (Å²) in [7, 11) is -3.24. The van der Waals surface area contributed by atoms with Crippen LogP contribution in [-0.4, -0.2) is 44.7 Å². The van der Waals surface area contributed by atoms with E-state index in [-0.39, 0.29) is 17.4 Å². The summed E-state index contributed by atoms with van der Waals surface area (Å²) in [6, 6.07) is 5.10. The first kappa shape index (κ1) is 20.6. The summed E-state index contributed by atoms with van der Waals surface area (Å²) in [5.74, 6) is -1.76. The van der Waals surface area contributed by atoms with Crippen LogP contribution >= 0.6 is 0 Å². The van der Waals surface area contributed by atoms with Gasteiger partial charge >= 0.3 is 12.0 Å². The summed E-state index contributed by atoms with van der Waals surface area (Å²) >= 11 is 0. The van der Waals surface area contributed by atoms with Gasteiger partial charge in [-0.1, -0.05) is 12.1 Å². The zero-order valence-electron chi connectivity index (χ0n) is 14.5. The molecule has 138 valence electrons. The van der Waals surface area contributed by atoms with Gasteiger partial charge in [-0.2, -0.15) is 0 Å². The van der Waals surface area contributed by atoms with E-state index in [9.17, 15) is 22.8 Å². The van der Waals surface area contributed by atoms with E-state index in [0.717, 1.165) is 6.26 Å². The molecular formula is C16H22N2O6S. The van der Waals surface area contributed by atoms with Gasteiger partial charge in [-0.05, 0) is 38.5 Å². The van der Waals surface area contributed by atoms with Gasteiger partial charge in [0.15, 0.2) is 15.9 Å². The Hall–Kier alpha value is -2.42. The van der Waals surface area contributed by atoms with Gasteiger partial charge in [0, 0.05) is 12.3 Å². The van der Waals surface area contributed by atoms with Gasteiger partial charge in [-0.3, -0.25) is 10.1 Å². The molecule has 25 heavy (non-hydrogen) atoms. The molecule has 1 atom stereocenters. The maximum absolute atomic E-state index is 12.1. The van der Waals surface area contributed by atoms with Crippen LogP contribution in [-0.2, 0) is 25.1 Å². The summed E-state index contributed by atoms with van der Waals surface area (Å²) in [6.45, 7) is 4.80.